The number of benzene rings is 1. The third-order valence-electron chi connectivity index (χ3n) is 1.82. The van der Waals surface area contributed by atoms with Gasteiger partial charge in [-0.3, -0.25) is 0 Å². The first kappa shape index (κ1) is 12.6. The van der Waals surface area contributed by atoms with E-state index in [0.29, 0.717) is 5.69 Å². The summed E-state index contributed by atoms with van der Waals surface area (Å²) in [5.74, 6) is -0.624. The Morgan fingerprint density at radius 2 is 1.88 bits per heavy atom. The molecular formula is C11H12N2O4. The molecular weight excluding hydrogens is 224 g/mol. The Morgan fingerprint density at radius 1 is 1.29 bits per heavy atom. The molecule has 6 nitrogen and oxygen atoms in total. The van der Waals surface area contributed by atoms with Crippen LogP contribution < -0.4 is 10.6 Å². The highest BCUT2D eigenvalue weighted by atomic mass is 16.5. The maximum atomic E-state index is 11.4. The highest BCUT2D eigenvalue weighted by Crippen LogP contribution is 2.13. The van der Waals surface area contributed by atoms with E-state index in [4.69, 9.17) is 5.11 Å². The van der Waals surface area contributed by atoms with Crippen molar-refractivity contribution >= 4 is 17.7 Å². The average Bonchev–Trinajstić information content (AvgIpc) is 2.30. The Kier molecular flexibility index (Phi) is 4.10. The van der Waals surface area contributed by atoms with Crippen molar-refractivity contribution in [2.75, 3.05) is 12.4 Å². The third-order valence-corrected chi connectivity index (χ3v) is 1.82. The Hall–Kier alpha value is -2.50. The summed E-state index contributed by atoms with van der Waals surface area (Å²) >= 11 is 0. The molecule has 1 aromatic carbocycles. The molecule has 1 aromatic rings. The molecule has 90 valence electrons. The lowest BCUT2D eigenvalue weighted by Gasteiger charge is -2.08. The first-order valence-electron chi connectivity index (χ1n) is 4.67. The highest BCUT2D eigenvalue weighted by molar-refractivity contribution is 5.97. The minimum Gasteiger partial charge on any atom is -0.508 e. The van der Waals surface area contributed by atoms with Crippen LogP contribution in [0, 0.1) is 0 Å². The van der Waals surface area contributed by atoms with Crippen LogP contribution in [0.4, 0.5) is 10.5 Å². The molecule has 0 aliphatic heterocycles. The third kappa shape index (κ3) is 3.86. The predicted molar refractivity (Wildman–Crippen MR) is 61.4 cm³/mol. The van der Waals surface area contributed by atoms with Crippen LogP contribution in [0.5, 0.6) is 5.75 Å². The summed E-state index contributed by atoms with van der Waals surface area (Å²) in [6.45, 7) is 3.33. The standard InChI is InChI=1S/C11H12N2O4/c1-7(10(15)17-2)12-11(16)13-8-3-5-9(14)6-4-8/h3-6,14H,1H2,2H3,(H2,12,13,16). The van der Waals surface area contributed by atoms with E-state index < -0.39 is 12.0 Å². The molecule has 0 fully saturated rings. The molecule has 0 atom stereocenters. The summed E-state index contributed by atoms with van der Waals surface area (Å²) in [5.41, 5.74) is 0.307. The zero-order chi connectivity index (χ0) is 12.8. The molecule has 0 aliphatic carbocycles. The van der Waals surface area contributed by atoms with Gasteiger partial charge in [-0.2, -0.15) is 0 Å². The van der Waals surface area contributed by atoms with Crippen molar-refractivity contribution in [1.29, 1.82) is 0 Å². The molecule has 1 rings (SSSR count). The number of aromatic hydroxyl groups is 1. The number of anilines is 1. The molecule has 0 spiro atoms. The van der Waals surface area contributed by atoms with E-state index in [0.717, 1.165) is 0 Å². The molecule has 2 amide bonds. The van der Waals surface area contributed by atoms with Gasteiger partial charge in [0.25, 0.3) is 0 Å². The van der Waals surface area contributed by atoms with Crippen LogP contribution in [0.2, 0.25) is 0 Å². The van der Waals surface area contributed by atoms with Crippen LogP contribution in [0.1, 0.15) is 0 Å². The van der Waals surface area contributed by atoms with Gasteiger partial charge < -0.3 is 20.5 Å². The molecule has 3 N–H and O–H groups in total. The number of ether oxygens (including phenoxy) is 1. The highest BCUT2D eigenvalue weighted by Gasteiger charge is 2.10. The first-order chi connectivity index (χ1) is 8.02. The number of methoxy groups -OCH3 is 1. The molecule has 6 heteroatoms. The average molecular weight is 236 g/mol. The summed E-state index contributed by atoms with van der Waals surface area (Å²) < 4.78 is 4.36. The fraction of sp³-hybridized carbons (Fsp3) is 0.0909. The van der Waals surface area contributed by atoms with E-state index in [-0.39, 0.29) is 11.4 Å². The Balaban J connectivity index is 2.53. The van der Waals surface area contributed by atoms with Crippen LogP contribution in [0.15, 0.2) is 36.5 Å². The Labute approximate surface area is 97.9 Å². The largest absolute Gasteiger partial charge is 0.508 e. The van der Waals surface area contributed by atoms with Crippen LogP contribution in [-0.4, -0.2) is 24.2 Å². The lowest BCUT2D eigenvalue weighted by atomic mass is 10.3. The molecule has 0 saturated heterocycles. The normalized spacial score (nSPS) is 9.24. The van der Waals surface area contributed by atoms with Gasteiger partial charge >= 0.3 is 12.0 Å². The molecule has 0 bridgehead atoms. The van der Waals surface area contributed by atoms with Gasteiger partial charge in [-0.15, -0.1) is 0 Å². The summed E-state index contributed by atoms with van der Waals surface area (Å²) in [4.78, 5) is 22.3. The quantitative estimate of drug-likeness (QED) is 0.418. The van der Waals surface area contributed by atoms with Gasteiger partial charge in [0.05, 0.1) is 7.11 Å². The first-order valence-corrected chi connectivity index (χ1v) is 4.67. The maximum absolute atomic E-state index is 11.4. The van der Waals surface area contributed by atoms with Crippen molar-refractivity contribution in [2.45, 2.75) is 0 Å². The summed E-state index contributed by atoms with van der Waals surface area (Å²) in [7, 11) is 1.19. The van der Waals surface area contributed by atoms with Gasteiger partial charge in [0.1, 0.15) is 11.4 Å². The maximum Gasteiger partial charge on any atom is 0.353 e. The van der Waals surface area contributed by atoms with Gasteiger partial charge in [-0.25, -0.2) is 9.59 Å². The second-order valence-corrected chi connectivity index (χ2v) is 3.10. The number of phenolic OH excluding ortho intramolecular Hbond substituents is 1. The summed E-state index contributed by atoms with van der Waals surface area (Å²) in [5, 5.41) is 13.7. The van der Waals surface area contributed by atoms with Crippen molar-refractivity contribution in [3.8, 4) is 5.75 Å². The number of urea groups is 1. The van der Waals surface area contributed by atoms with Crippen molar-refractivity contribution in [2.24, 2.45) is 0 Å². The number of amides is 2. The van der Waals surface area contributed by atoms with Gasteiger partial charge in [-0.1, -0.05) is 6.58 Å². The molecule has 0 unspecified atom stereocenters. The van der Waals surface area contributed by atoms with E-state index in [1.807, 2.05) is 0 Å². The smallest absolute Gasteiger partial charge is 0.353 e. The number of phenols is 1. The van der Waals surface area contributed by atoms with Gasteiger partial charge in [0, 0.05) is 5.69 Å². The predicted octanol–water partition coefficient (Wildman–Crippen LogP) is 1.20. The number of carbonyl (C=O) groups is 2. The van der Waals surface area contributed by atoms with Crippen molar-refractivity contribution in [3.63, 3.8) is 0 Å². The van der Waals surface area contributed by atoms with Crippen molar-refractivity contribution < 1.29 is 19.4 Å². The van der Waals surface area contributed by atoms with E-state index in [1.165, 1.54) is 31.4 Å². The molecule has 0 saturated carbocycles. The summed E-state index contributed by atoms with van der Waals surface area (Å²) in [6.07, 6.45) is 0. The van der Waals surface area contributed by atoms with Crippen LogP contribution in [0.3, 0.4) is 0 Å². The van der Waals surface area contributed by atoms with Gasteiger partial charge in [0.2, 0.25) is 0 Å². The fourth-order valence-electron chi connectivity index (χ4n) is 1.02. The number of esters is 1. The van der Waals surface area contributed by atoms with Gasteiger partial charge in [0.15, 0.2) is 0 Å². The fourth-order valence-corrected chi connectivity index (χ4v) is 1.02. The Morgan fingerprint density at radius 3 is 2.41 bits per heavy atom. The van der Waals surface area contributed by atoms with Gasteiger partial charge in [-0.05, 0) is 24.3 Å². The van der Waals surface area contributed by atoms with Crippen LogP contribution in [-0.2, 0) is 9.53 Å². The van der Waals surface area contributed by atoms with Crippen molar-refractivity contribution in [3.05, 3.63) is 36.5 Å². The minimum atomic E-state index is -0.717. The molecule has 0 radical (unpaired) electrons. The lowest BCUT2D eigenvalue weighted by Crippen LogP contribution is -2.31. The second kappa shape index (κ2) is 5.55. The number of nitrogens with one attached hydrogen (secondary N) is 2. The molecule has 0 aliphatic rings. The number of hydrogen-bond donors (Lipinski definition) is 3. The van der Waals surface area contributed by atoms with E-state index in [9.17, 15) is 9.59 Å². The zero-order valence-corrected chi connectivity index (χ0v) is 9.19. The number of rotatable bonds is 3. The second-order valence-electron chi connectivity index (χ2n) is 3.10. The van der Waals surface area contributed by atoms with Crippen LogP contribution in [0.25, 0.3) is 0 Å². The number of hydrogen-bond acceptors (Lipinski definition) is 4. The monoisotopic (exact) mass is 236 g/mol. The van der Waals surface area contributed by atoms with Crippen LogP contribution >= 0.6 is 0 Å². The number of carbonyl (C=O) groups excluding carboxylic acids is 2. The van der Waals surface area contributed by atoms with E-state index in [2.05, 4.69) is 21.9 Å². The molecule has 17 heavy (non-hydrogen) atoms. The lowest BCUT2D eigenvalue weighted by molar-refractivity contribution is -0.136. The van der Waals surface area contributed by atoms with E-state index in [1.54, 1.807) is 0 Å². The summed E-state index contributed by atoms with van der Waals surface area (Å²) in [6, 6.07) is 5.24. The molecule has 0 aromatic heterocycles. The Bertz CT molecular complexity index is 439. The topological polar surface area (TPSA) is 87.7 Å². The van der Waals surface area contributed by atoms with Crippen molar-refractivity contribution in [1.82, 2.24) is 5.32 Å². The minimum absolute atomic E-state index is 0.0925. The van der Waals surface area contributed by atoms with E-state index >= 15 is 0 Å². The zero-order valence-electron chi connectivity index (χ0n) is 9.19. The molecule has 0 heterocycles. The SMILES string of the molecule is C=C(NC(=O)Nc1ccc(O)cc1)C(=O)OC.